The second kappa shape index (κ2) is 3.38. The van der Waals surface area contributed by atoms with Crippen molar-refractivity contribution in [3.05, 3.63) is 11.6 Å². The molecule has 1 heterocycles. The van der Waals surface area contributed by atoms with Gasteiger partial charge < -0.3 is 15.9 Å². The van der Waals surface area contributed by atoms with Crippen molar-refractivity contribution < 1.29 is 15.0 Å². The van der Waals surface area contributed by atoms with Crippen molar-refractivity contribution in [2.24, 2.45) is 5.73 Å². The lowest BCUT2D eigenvalue weighted by Crippen LogP contribution is -2.13. The second-order valence-corrected chi connectivity index (χ2v) is 2.88. The first-order valence-electron chi connectivity index (χ1n) is 3.88. The molecule has 1 amide bonds. The number of carbonyl (C=O) groups excluding carboxylic acids is 1. The zero-order chi connectivity index (χ0) is 10.0. The summed E-state index contributed by atoms with van der Waals surface area (Å²) in [5, 5.41) is 18.7. The molecule has 5 nitrogen and oxygen atoms in total. The first-order valence-corrected chi connectivity index (χ1v) is 3.88. The molecule has 0 fully saturated rings. The fraction of sp³-hybridized carbons (Fsp3) is 0.375. The van der Waals surface area contributed by atoms with E-state index in [2.05, 4.69) is 0 Å². The van der Waals surface area contributed by atoms with E-state index >= 15 is 0 Å². The normalized spacial score (nSPS) is 10.2. The Bertz CT molecular complexity index is 330. The number of aryl methyl sites for hydroxylation is 1. The van der Waals surface area contributed by atoms with E-state index in [0.717, 1.165) is 0 Å². The molecule has 5 heteroatoms. The molecule has 0 aliphatic carbocycles. The van der Waals surface area contributed by atoms with E-state index in [9.17, 15) is 15.0 Å². The van der Waals surface area contributed by atoms with Crippen LogP contribution in [0.25, 0.3) is 0 Å². The van der Waals surface area contributed by atoms with Gasteiger partial charge in [-0.3, -0.25) is 9.36 Å². The van der Waals surface area contributed by atoms with Gasteiger partial charge in [-0.05, 0) is 6.92 Å². The van der Waals surface area contributed by atoms with Crippen LogP contribution in [0.1, 0.15) is 12.0 Å². The molecule has 1 aromatic rings. The van der Waals surface area contributed by atoms with Crippen molar-refractivity contribution in [3.8, 4) is 11.8 Å². The number of hydrogen-bond acceptors (Lipinski definition) is 3. The Morgan fingerprint density at radius 3 is 2.62 bits per heavy atom. The molecule has 0 aromatic carbocycles. The van der Waals surface area contributed by atoms with Crippen LogP contribution in [-0.2, 0) is 11.3 Å². The fourth-order valence-corrected chi connectivity index (χ4v) is 1.10. The Morgan fingerprint density at radius 2 is 2.23 bits per heavy atom. The Labute approximate surface area is 75.4 Å². The highest BCUT2D eigenvalue weighted by Gasteiger charge is 2.10. The van der Waals surface area contributed by atoms with Gasteiger partial charge in [0.25, 0.3) is 0 Å². The van der Waals surface area contributed by atoms with Gasteiger partial charge in [0.2, 0.25) is 5.91 Å². The van der Waals surface area contributed by atoms with E-state index in [1.807, 2.05) is 0 Å². The van der Waals surface area contributed by atoms with Crippen LogP contribution >= 0.6 is 0 Å². The number of aromatic nitrogens is 1. The van der Waals surface area contributed by atoms with E-state index in [0.29, 0.717) is 5.56 Å². The smallest absolute Gasteiger partial charge is 0.219 e. The molecule has 0 atom stereocenters. The largest absolute Gasteiger partial charge is 0.494 e. The third-order valence-electron chi connectivity index (χ3n) is 1.81. The summed E-state index contributed by atoms with van der Waals surface area (Å²) in [4.78, 5) is 10.4. The van der Waals surface area contributed by atoms with E-state index in [1.165, 1.54) is 10.6 Å². The van der Waals surface area contributed by atoms with Gasteiger partial charge in [-0.25, -0.2) is 0 Å². The molecule has 0 saturated heterocycles. The zero-order valence-electron chi connectivity index (χ0n) is 7.32. The summed E-state index contributed by atoms with van der Waals surface area (Å²) in [6.45, 7) is 1.86. The van der Waals surface area contributed by atoms with Crippen LogP contribution < -0.4 is 5.73 Å². The van der Waals surface area contributed by atoms with Gasteiger partial charge >= 0.3 is 0 Å². The minimum absolute atomic E-state index is 0.0289. The summed E-state index contributed by atoms with van der Waals surface area (Å²) in [7, 11) is 0. The van der Waals surface area contributed by atoms with Crippen LogP contribution in [0.4, 0.5) is 0 Å². The molecular formula is C8H12N2O3. The first kappa shape index (κ1) is 9.44. The molecule has 0 saturated carbocycles. The van der Waals surface area contributed by atoms with Crippen LogP contribution in [0.3, 0.4) is 0 Å². The number of nitrogens with zero attached hydrogens (tertiary/aromatic N) is 1. The summed E-state index contributed by atoms with van der Waals surface area (Å²) in [6.07, 6.45) is 0.0925. The van der Waals surface area contributed by atoms with Gasteiger partial charge in [-0.15, -0.1) is 0 Å². The van der Waals surface area contributed by atoms with Gasteiger partial charge in [0.05, 0.1) is 0 Å². The Kier molecular flexibility index (Phi) is 2.46. The van der Waals surface area contributed by atoms with Crippen LogP contribution in [0.5, 0.6) is 11.8 Å². The molecule has 0 spiro atoms. The molecule has 13 heavy (non-hydrogen) atoms. The molecule has 1 aromatic heterocycles. The maximum Gasteiger partial charge on any atom is 0.219 e. The summed E-state index contributed by atoms with van der Waals surface area (Å²) in [6, 6.07) is 1.43. The highest BCUT2D eigenvalue weighted by Crippen LogP contribution is 2.26. The second-order valence-electron chi connectivity index (χ2n) is 2.88. The topological polar surface area (TPSA) is 88.5 Å². The summed E-state index contributed by atoms with van der Waals surface area (Å²) < 4.78 is 1.24. The number of primary amides is 1. The summed E-state index contributed by atoms with van der Waals surface area (Å²) in [5.41, 5.74) is 5.50. The third-order valence-corrected chi connectivity index (χ3v) is 1.81. The molecular weight excluding hydrogens is 172 g/mol. The van der Waals surface area contributed by atoms with Crippen molar-refractivity contribution in [3.63, 3.8) is 0 Å². The predicted molar refractivity (Wildman–Crippen MR) is 46.3 cm³/mol. The van der Waals surface area contributed by atoms with Crippen molar-refractivity contribution in [1.29, 1.82) is 0 Å². The predicted octanol–water partition coefficient (Wildman–Crippen LogP) is 0.0831. The van der Waals surface area contributed by atoms with Crippen molar-refractivity contribution in [2.45, 2.75) is 19.9 Å². The van der Waals surface area contributed by atoms with Gasteiger partial charge in [0.1, 0.15) is 0 Å². The van der Waals surface area contributed by atoms with Crippen LogP contribution in [0.15, 0.2) is 6.07 Å². The average Bonchev–Trinajstić information content (AvgIpc) is 2.24. The van der Waals surface area contributed by atoms with Crippen LogP contribution in [0.2, 0.25) is 0 Å². The van der Waals surface area contributed by atoms with Gasteiger partial charge in [-0.2, -0.15) is 0 Å². The monoisotopic (exact) mass is 184 g/mol. The molecule has 0 unspecified atom stereocenters. The number of carbonyl (C=O) groups is 1. The number of aromatic hydroxyl groups is 2. The first-order chi connectivity index (χ1) is 6.02. The quantitative estimate of drug-likeness (QED) is 0.621. The van der Waals surface area contributed by atoms with E-state index < -0.39 is 5.91 Å². The lowest BCUT2D eigenvalue weighted by atomic mass is 10.4. The summed E-state index contributed by atoms with van der Waals surface area (Å²) in [5.74, 6) is -0.555. The molecule has 0 bridgehead atoms. The molecule has 0 radical (unpaired) electrons. The highest BCUT2D eigenvalue weighted by atomic mass is 16.3. The molecule has 0 aliphatic rings. The Morgan fingerprint density at radius 1 is 1.62 bits per heavy atom. The maximum absolute atomic E-state index is 10.4. The van der Waals surface area contributed by atoms with Gasteiger partial charge in [0, 0.05) is 24.6 Å². The fourth-order valence-electron chi connectivity index (χ4n) is 1.10. The molecule has 1 rings (SSSR count). The molecule has 0 aliphatic heterocycles. The molecule has 72 valence electrons. The van der Waals surface area contributed by atoms with Crippen molar-refractivity contribution in [2.75, 3.05) is 0 Å². The molecule has 4 N–H and O–H groups in total. The van der Waals surface area contributed by atoms with Gasteiger partial charge in [0.15, 0.2) is 11.8 Å². The lowest BCUT2D eigenvalue weighted by Gasteiger charge is -2.04. The van der Waals surface area contributed by atoms with Crippen LogP contribution in [-0.4, -0.2) is 20.7 Å². The van der Waals surface area contributed by atoms with Crippen molar-refractivity contribution in [1.82, 2.24) is 4.57 Å². The van der Waals surface area contributed by atoms with Crippen molar-refractivity contribution >= 4 is 5.91 Å². The number of nitrogens with two attached hydrogens (primary N) is 1. The van der Waals surface area contributed by atoms with E-state index in [4.69, 9.17) is 5.73 Å². The summed E-state index contributed by atoms with van der Waals surface area (Å²) >= 11 is 0. The van der Waals surface area contributed by atoms with E-state index in [-0.39, 0.29) is 24.7 Å². The Balaban J connectivity index is 2.81. The van der Waals surface area contributed by atoms with Crippen LogP contribution in [0, 0.1) is 6.92 Å². The Hall–Kier alpha value is -1.65. The maximum atomic E-state index is 10.4. The number of rotatable bonds is 3. The number of hydrogen-bond donors (Lipinski definition) is 3. The minimum Gasteiger partial charge on any atom is -0.494 e. The van der Waals surface area contributed by atoms with Gasteiger partial charge in [-0.1, -0.05) is 0 Å². The van der Waals surface area contributed by atoms with E-state index in [1.54, 1.807) is 6.92 Å². The number of amides is 1. The highest BCUT2D eigenvalue weighted by molar-refractivity contribution is 5.73. The average molecular weight is 184 g/mol. The zero-order valence-corrected chi connectivity index (χ0v) is 7.32. The standard InChI is InChI=1S/C8H12N2O3/c1-5-4-7(12)10(8(5)13)3-2-6(9)11/h4,12-13H,2-3H2,1H3,(H2,9,11). The minimum atomic E-state index is -0.467. The SMILES string of the molecule is Cc1cc(O)n(CCC(N)=O)c1O. The third kappa shape index (κ3) is 1.93. The lowest BCUT2D eigenvalue weighted by molar-refractivity contribution is -0.118.